The summed E-state index contributed by atoms with van der Waals surface area (Å²) in [5, 5.41) is 9.96. The monoisotopic (exact) mass is 383 g/mol. The molecule has 0 fully saturated rings. The van der Waals surface area contributed by atoms with Crippen LogP contribution in [0.4, 0.5) is 4.39 Å². The maximum Gasteiger partial charge on any atom is 0.151 e. The van der Waals surface area contributed by atoms with E-state index in [4.69, 9.17) is 10.1 Å². The number of hydrogen-bond acceptors (Lipinski definition) is 4. The number of H-pyrrole nitrogens is 1. The third kappa shape index (κ3) is 2.98. The zero-order valence-electron chi connectivity index (χ0n) is 11.8. The van der Waals surface area contributed by atoms with Gasteiger partial charge >= 0.3 is 0 Å². The van der Waals surface area contributed by atoms with Gasteiger partial charge in [0.25, 0.3) is 0 Å². The first-order chi connectivity index (χ1) is 10.6. The minimum atomic E-state index is -1.23. The number of hydrogen-bond donors (Lipinski definition) is 2. The molecule has 1 aliphatic heterocycles. The molecule has 1 aliphatic carbocycles. The average molecular weight is 384 g/mol. The van der Waals surface area contributed by atoms with Crippen LogP contribution in [0.2, 0.25) is 0 Å². The lowest BCUT2D eigenvalue weighted by Crippen LogP contribution is -2.41. The van der Waals surface area contributed by atoms with Gasteiger partial charge in [0.2, 0.25) is 0 Å². The van der Waals surface area contributed by atoms with Gasteiger partial charge in [0.1, 0.15) is 6.10 Å². The fraction of sp³-hybridized carbons (Fsp3) is 0.333. The van der Waals surface area contributed by atoms with Gasteiger partial charge in [0.05, 0.1) is 17.7 Å². The third-order valence-electron chi connectivity index (χ3n) is 3.57. The predicted octanol–water partition coefficient (Wildman–Crippen LogP) is 1.75. The van der Waals surface area contributed by atoms with E-state index in [9.17, 15) is 4.39 Å². The van der Waals surface area contributed by atoms with Crippen molar-refractivity contribution in [2.45, 2.75) is 18.4 Å². The van der Waals surface area contributed by atoms with Gasteiger partial charge < -0.3 is 9.72 Å². The Morgan fingerprint density at radius 1 is 1.55 bits per heavy atom. The molecular formula is C15H15BrFN3OS. The first kappa shape index (κ1) is 15.7. The third-order valence-corrected chi connectivity index (χ3v) is 5.09. The van der Waals surface area contributed by atoms with Gasteiger partial charge in [0.15, 0.2) is 6.17 Å². The van der Waals surface area contributed by atoms with Crippen molar-refractivity contribution in [2.75, 3.05) is 12.8 Å². The molecule has 3 atom stereocenters. The Morgan fingerprint density at radius 3 is 3.14 bits per heavy atom. The topological polar surface area (TPSA) is 61.2 Å². The van der Waals surface area contributed by atoms with E-state index >= 15 is 0 Å². The molecular weight excluding hydrogens is 369 g/mol. The molecule has 0 bridgehead atoms. The van der Waals surface area contributed by atoms with Crippen LogP contribution >= 0.6 is 27.7 Å². The van der Waals surface area contributed by atoms with Gasteiger partial charge in [-0.3, -0.25) is 10.4 Å². The Morgan fingerprint density at radius 2 is 2.36 bits per heavy atom. The number of aromatic amines is 1. The molecule has 1 aromatic rings. The van der Waals surface area contributed by atoms with Gasteiger partial charge in [-0.1, -0.05) is 15.9 Å². The average Bonchev–Trinajstić information content (AvgIpc) is 2.99. The predicted molar refractivity (Wildman–Crippen MR) is 93.1 cm³/mol. The smallest absolute Gasteiger partial charge is 0.151 e. The van der Waals surface area contributed by atoms with Crippen LogP contribution in [0.3, 0.4) is 0 Å². The van der Waals surface area contributed by atoms with Crippen LogP contribution in [-0.2, 0) is 4.74 Å². The number of aromatic nitrogens is 1. The molecule has 0 spiro atoms. The zero-order valence-corrected chi connectivity index (χ0v) is 14.2. The van der Waals surface area contributed by atoms with Gasteiger partial charge in [-0.25, -0.2) is 4.39 Å². The van der Waals surface area contributed by atoms with Crippen molar-refractivity contribution in [3.8, 4) is 0 Å². The SMILES string of the molecule is CSC(=N)C1=CC(OC2C(Br)=c3cc[nH]c3=CC2F)CN=C1. The van der Waals surface area contributed by atoms with E-state index < -0.39 is 12.3 Å². The highest BCUT2D eigenvalue weighted by molar-refractivity contribution is 9.15. The van der Waals surface area contributed by atoms with Gasteiger partial charge in [-0.05, 0) is 24.5 Å². The number of nitrogens with zero attached hydrogens (tertiary/aromatic N) is 1. The molecule has 2 heterocycles. The highest BCUT2D eigenvalue weighted by Crippen LogP contribution is 2.25. The largest absolute Gasteiger partial charge is 0.361 e. The highest BCUT2D eigenvalue weighted by Gasteiger charge is 2.30. The van der Waals surface area contributed by atoms with Crippen LogP contribution in [0.5, 0.6) is 0 Å². The fourth-order valence-corrected chi connectivity index (χ4v) is 3.54. The van der Waals surface area contributed by atoms with Crippen LogP contribution in [0.15, 0.2) is 28.9 Å². The van der Waals surface area contributed by atoms with E-state index in [0.717, 1.165) is 16.1 Å². The summed E-state index contributed by atoms with van der Waals surface area (Å²) in [4.78, 5) is 7.23. The number of dihydropyridines is 1. The fourth-order valence-electron chi connectivity index (χ4n) is 2.48. The molecule has 0 aromatic carbocycles. The van der Waals surface area contributed by atoms with E-state index in [0.29, 0.717) is 16.1 Å². The lowest BCUT2D eigenvalue weighted by atomic mass is 10.1. The summed E-state index contributed by atoms with van der Waals surface area (Å²) < 4.78 is 21.0. The molecule has 22 heavy (non-hydrogen) atoms. The molecule has 116 valence electrons. The first-order valence-electron chi connectivity index (χ1n) is 6.79. The number of alkyl halides is 1. The molecule has 3 rings (SSSR count). The lowest BCUT2D eigenvalue weighted by molar-refractivity contribution is 0.0236. The number of nitrogens with one attached hydrogen (secondary N) is 2. The summed E-state index contributed by atoms with van der Waals surface area (Å²) in [5.41, 5.74) is 0.720. The van der Waals surface area contributed by atoms with E-state index in [-0.39, 0.29) is 6.10 Å². The molecule has 1 aromatic heterocycles. The molecule has 4 nitrogen and oxygen atoms in total. The van der Waals surface area contributed by atoms with Crippen molar-refractivity contribution in [1.29, 1.82) is 5.41 Å². The van der Waals surface area contributed by atoms with E-state index in [1.54, 1.807) is 12.4 Å². The van der Waals surface area contributed by atoms with Gasteiger partial charge in [-0.2, -0.15) is 0 Å². The molecule has 2 N–H and O–H groups in total. The van der Waals surface area contributed by atoms with Gasteiger partial charge in [0, 0.05) is 33.0 Å². The summed E-state index contributed by atoms with van der Waals surface area (Å²) >= 11 is 4.81. The van der Waals surface area contributed by atoms with Crippen LogP contribution < -0.4 is 10.6 Å². The molecule has 0 radical (unpaired) electrons. The summed E-state index contributed by atoms with van der Waals surface area (Å²) in [7, 11) is 0. The number of aliphatic imine (C=N–C) groups is 1. The summed E-state index contributed by atoms with van der Waals surface area (Å²) in [6, 6.07) is 1.89. The number of ether oxygens (including phenoxy) is 1. The Balaban J connectivity index is 1.84. The first-order valence-corrected chi connectivity index (χ1v) is 8.81. The second-order valence-electron chi connectivity index (χ2n) is 5.01. The Bertz CT molecular complexity index is 770. The summed E-state index contributed by atoms with van der Waals surface area (Å²) in [6.45, 7) is 0.439. The molecule has 0 amide bonds. The second-order valence-corrected chi connectivity index (χ2v) is 6.68. The minimum Gasteiger partial charge on any atom is -0.361 e. The summed E-state index contributed by atoms with van der Waals surface area (Å²) in [5.74, 6) is 0. The van der Waals surface area contributed by atoms with E-state index in [1.165, 1.54) is 17.8 Å². The quantitative estimate of drug-likeness (QED) is 0.616. The van der Waals surface area contributed by atoms with E-state index in [2.05, 4.69) is 25.9 Å². The number of fused-ring (bicyclic) bond motifs is 1. The van der Waals surface area contributed by atoms with Crippen LogP contribution in [0.1, 0.15) is 0 Å². The lowest BCUT2D eigenvalue weighted by Gasteiger charge is -2.26. The highest BCUT2D eigenvalue weighted by atomic mass is 79.9. The minimum absolute atomic E-state index is 0.336. The van der Waals surface area contributed by atoms with Crippen molar-refractivity contribution in [3.63, 3.8) is 0 Å². The number of rotatable bonds is 3. The normalized spacial score (nSPS) is 27.1. The van der Waals surface area contributed by atoms with Crippen molar-refractivity contribution in [2.24, 2.45) is 4.99 Å². The maximum absolute atomic E-state index is 14.4. The van der Waals surface area contributed by atoms with E-state index in [1.807, 2.05) is 18.4 Å². The van der Waals surface area contributed by atoms with Crippen molar-refractivity contribution in [1.82, 2.24) is 4.98 Å². The Hall–Kier alpha value is -1.18. The summed E-state index contributed by atoms with van der Waals surface area (Å²) in [6.07, 6.45) is 6.40. The maximum atomic E-state index is 14.4. The second kappa shape index (κ2) is 6.52. The molecule has 0 saturated carbocycles. The Labute approximate surface area is 139 Å². The number of thioether (sulfide) groups is 1. The van der Waals surface area contributed by atoms with Crippen molar-refractivity contribution in [3.05, 3.63) is 34.5 Å². The molecule has 7 heteroatoms. The number of halogens is 2. The van der Waals surface area contributed by atoms with Crippen molar-refractivity contribution < 1.29 is 9.13 Å². The zero-order chi connectivity index (χ0) is 15.7. The molecule has 2 aliphatic rings. The Kier molecular flexibility index (Phi) is 4.65. The van der Waals surface area contributed by atoms with Crippen LogP contribution in [0, 0.1) is 5.41 Å². The molecule has 3 unspecified atom stereocenters. The standard InChI is InChI=1S/C15H15BrFN3OS/c1-22-15(18)8-4-9(7-19-6-8)21-14-11(17)5-12-10(13(14)16)2-3-20-12/h2-6,9,11,14,18,20H,7H2,1H3. The van der Waals surface area contributed by atoms with Gasteiger partial charge in [-0.15, -0.1) is 11.8 Å². The molecule has 0 saturated heterocycles. The van der Waals surface area contributed by atoms with Crippen LogP contribution in [0.25, 0.3) is 10.6 Å². The van der Waals surface area contributed by atoms with Crippen LogP contribution in [-0.4, -0.2) is 47.4 Å². The van der Waals surface area contributed by atoms with Crippen molar-refractivity contribution >= 4 is 49.5 Å².